The lowest BCUT2D eigenvalue weighted by Crippen LogP contribution is -1.89. The van der Waals surface area contributed by atoms with Crippen molar-refractivity contribution in [2.45, 2.75) is 29.2 Å². The number of nitrogens with zero attached hydrogens (tertiary/aromatic N) is 2. The van der Waals surface area contributed by atoms with E-state index in [0.29, 0.717) is 0 Å². The summed E-state index contributed by atoms with van der Waals surface area (Å²) in [4.78, 5) is 1.11. The van der Waals surface area contributed by atoms with E-state index in [2.05, 4.69) is 10.2 Å². The Labute approximate surface area is 103 Å². The van der Waals surface area contributed by atoms with Gasteiger partial charge in [0.1, 0.15) is 5.01 Å². The van der Waals surface area contributed by atoms with Gasteiger partial charge in [-0.2, -0.15) is 0 Å². The van der Waals surface area contributed by atoms with E-state index in [4.69, 9.17) is 0 Å². The number of rotatable bonds is 3. The molecule has 0 aliphatic rings. The lowest BCUT2D eigenvalue weighted by atomic mass is 10.1. The highest BCUT2D eigenvalue weighted by Gasteiger charge is 2.04. The van der Waals surface area contributed by atoms with E-state index in [-0.39, 0.29) is 0 Å². The molecule has 84 valence electrons. The van der Waals surface area contributed by atoms with Crippen LogP contribution in [0.1, 0.15) is 23.6 Å². The van der Waals surface area contributed by atoms with Crippen LogP contribution in [0.25, 0.3) is 0 Å². The third-order valence-electron chi connectivity index (χ3n) is 2.08. The summed E-state index contributed by atoms with van der Waals surface area (Å²) >= 11 is 3.18. The van der Waals surface area contributed by atoms with Crippen LogP contribution in [0.3, 0.4) is 0 Å². The molecule has 0 saturated heterocycles. The third kappa shape index (κ3) is 2.81. The van der Waals surface area contributed by atoms with Crippen molar-refractivity contribution < 1.29 is 5.11 Å². The van der Waals surface area contributed by atoms with Crippen LogP contribution < -0.4 is 0 Å². The highest BCUT2D eigenvalue weighted by molar-refractivity contribution is 8.01. The molecule has 0 bridgehead atoms. The molecule has 0 aliphatic heterocycles. The Morgan fingerprint density at radius 3 is 2.44 bits per heavy atom. The second-order valence-corrected chi connectivity index (χ2v) is 5.94. The molecule has 3 nitrogen and oxygen atoms in total. The second-order valence-electron chi connectivity index (χ2n) is 3.43. The van der Waals surface area contributed by atoms with Gasteiger partial charge in [-0.15, -0.1) is 10.2 Å². The lowest BCUT2D eigenvalue weighted by Gasteiger charge is -2.04. The Hall–Kier alpha value is -0.910. The predicted octanol–water partition coefficient (Wildman–Crippen LogP) is 3.05. The van der Waals surface area contributed by atoms with E-state index in [0.717, 1.165) is 19.8 Å². The van der Waals surface area contributed by atoms with Crippen LogP contribution in [-0.4, -0.2) is 15.3 Å². The average molecular weight is 252 g/mol. The van der Waals surface area contributed by atoms with Gasteiger partial charge in [-0.3, -0.25) is 0 Å². The average Bonchev–Trinajstić information content (AvgIpc) is 2.65. The third-order valence-corrected chi connectivity index (χ3v) is 3.97. The largest absolute Gasteiger partial charge is 0.389 e. The number of aliphatic hydroxyl groups is 1. The Morgan fingerprint density at radius 2 is 1.94 bits per heavy atom. The van der Waals surface area contributed by atoms with Crippen LogP contribution in [-0.2, 0) is 0 Å². The normalized spacial score (nSPS) is 12.7. The molecule has 0 aliphatic carbocycles. The van der Waals surface area contributed by atoms with Gasteiger partial charge in [0.05, 0.1) is 6.10 Å². The molecule has 0 radical (unpaired) electrons. The van der Waals surface area contributed by atoms with E-state index in [1.807, 2.05) is 31.2 Å². The molecule has 0 saturated carbocycles. The first kappa shape index (κ1) is 11.6. The van der Waals surface area contributed by atoms with Crippen molar-refractivity contribution in [1.82, 2.24) is 10.2 Å². The van der Waals surface area contributed by atoms with Gasteiger partial charge in [0, 0.05) is 4.90 Å². The molecule has 1 N–H and O–H groups in total. The second kappa shape index (κ2) is 4.95. The van der Waals surface area contributed by atoms with Crippen LogP contribution in [0.5, 0.6) is 0 Å². The van der Waals surface area contributed by atoms with Gasteiger partial charge in [-0.25, -0.2) is 0 Å². The summed E-state index contributed by atoms with van der Waals surface area (Å²) in [6.07, 6.45) is -0.414. The number of aryl methyl sites for hydroxylation is 1. The van der Waals surface area contributed by atoms with E-state index in [1.165, 1.54) is 0 Å². The number of hydrogen-bond acceptors (Lipinski definition) is 5. The van der Waals surface area contributed by atoms with Crippen LogP contribution in [0.2, 0.25) is 0 Å². The molecule has 2 rings (SSSR count). The number of aliphatic hydroxyl groups excluding tert-OH is 1. The zero-order valence-electron chi connectivity index (χ0n) is 9.04. The summed E-state index contributed by atoms with van der Waals surface area (Å²) in [6.45, 7) is 3.70. The van der Waals surface area contributed by atoms with Gasteiger partial charge < -0.3 is 5.11 Å². The Kier molecular flexibility index (Phi) is 3.58. The van der Waals surface area contributed by atoms with Crippen molar-refractivity contribution in [3.8, 4) is 0 Å². The fraction of sp³-hybridized carbons (Fsp3) is 0.273. The van der Waals surface area contributed by atoms with Crippen molar-refractivity contribution in [3.05, 3.63) is 34.8 Å². The molecule has 0 amide bonds. The summed E-state index contributed by atoms with van der Waals surface area (Å²) < 4.78 is 0.947. The zero-order valence-corrected chi connectivity index (χ0v) is 10.7. The number of benzene rings is 1. The maximum atomic E-state index is 9.38. The van der Waals surface area contributed by atoms with Crippen LogP contribution in [0.15, 0.2) is 33.5 Å². The van der Waals surface area contributed by atoms with Gasteiger partial charge in [0.15, 0.2) is 4.34 Å². The van der Waals surface area contributed by atoms with Crippen LogP contribution in [0, 0.1) is 6.92 Å². The quantitative estimate of drug-likeness (QED) is 0.912. The summed E-state index contributed by atoms with van der Waals surface area (Å²) in [6, 6.07) is 7.84. The molecule has 1 heterocycles. The minimum Gasteiger partial charge on any atom is -0.389 e. The van der Waals surface area contributed by atoms with Crippen LogP contribution in [0.4, 0.5) is 0 Å². The fourth-order valence-electron chi connectivity index (χ4n) is 1.23. The van der Waals surface area contributed by atoms with Crippen molar-refractivity contribution in [1.29, 1.82) is 0 Å². The summed E-state index contributed by atoms with van der Waals surface area (Å²) in [5.74, 6) is 0. The number of hydrogen-bond donors (Lipinski definition) is 1. The monoisotopic (exact) mass is 252 g/mol. The minimum absolute atomic E-state index is 0.414. The van der Waals surface area contributed by atoms with Gasteiger partial charge in [-0.1, -0.05) is 35.2 Å². The first-order valence-corrected chi connectivity index (χ1v) is 6.54. The Morgan fingerprint density at radius 1 is 1.25 bits per heavy atom. The highest BCUT2D eigenvalue weighted by Crippen LogP contribution is 2.30. The summed E-state index contributed by atoms with van der Waals surface area (Å²) in [7, 11) is 0. The van der Waals surface area contributed by atoms with E-state index < -0.39 is 6.10 Å². The maximum Gasteiger partial charge on any atom is 0.179 e. The fourth-order valence-corrected chi connectivity index (χ4v) is 3.02. The molecule has 16 heavy (non-hydrogen) atoms. The first-order chi connectivity index (χ1) is 7.65. The summed E-state index contributed by atoms with van der Waals surface area (Å²) in [5.41, 5.74) is 0.929. The van der Waals surface area contributed by atoms with Crippen molar-refractivity contribution in [2.24, 2.45) is 0 Å². The molecular formula is C11H12N2OS2. The smallest absolute Gasteiger partial charge is 0.179 e. The maximum absolute atomic E-state index is 9.38. The molecule has 1 atom stereocenters. The van der Waals surface area contributed by atoms with Gasteiger partial charge in [0.2, 0.25) is 0 Å². The number of aromatic nitrogens is 2. The SMILES string of the molecule is Cc1nnc(Sc2ccc([C@H](C)O)cc2)s1. The molecular weight excluding hydrogens is 240 g/mol. The molecule has 0 spiro atoms. The van der Waals surface area contributed by atoms with E-state index in [1.54, 1.807) is 30.0 Å². The molecule has 5 heteroatoms. The Bertz CT molecular complexity index is 465. The van der Waals surface area contributed by atoms with Crippen molar-refractivity contribution in [2.75, 3.05) is 0 Å². The molecule has 0 fully saturated rings. The molecule has 0 unspecified atom stereocenters. The molecule has 1 aromatic heterocycles. The summed E-state index contributed by atoms with van der Waals surface area (Å²) in [5, 5.41) is 18.4. The van der Waals surface area contributed by atoms with Crippen LogP contribution >= 0.6 is 23.1 Å². The topological polar surface area (TPSA) is 46.0 Å². The van der Waals surface area contributed by atoms with E-state index in [9.17, 15) is 5.11 Å². The van der Waals surface area contributed by atoms with Gasteiger partial charge in [0.25, 0.3) is 0 Å². The van der Waals surface area contributed by atoms with E-state index >= 15 is 0 Å². The van der Waals surface area contributed by atoms with Crippen molar-refractivity contribution >= 4 is 23.1 Å². The highest BCUT2D eigenvalue weighted by atomic mass is 32.2. The molecule has 2 aromatic rings. The standard InChI is InChI=1S/C11H12N2OS2/c1-7(14)9-3-5-10(6-4-9)16-11-13-12-8(2)15-11/h3-7,14H,1-2H3/t7-/m0/s1. The van der Waals surface area contributed by atoms with Gasteiger partial charge >= 0.3 is 0 Å². The van der Waals surface area contributed by atoms with Crippen molar-refractivity contribution in [3.63, 3.8) is 0 Å². The lowest BCUT2D eigenvalue weighted by molar-refractivity contribution is 0.199. The first-order valence-electron chi connectivity index (χ1n) is 4.91. The molecule has 1 aromatic carbocycles. The minimum atomic E-state index is -0.414. The van der Waals surface area contributed by atoms with Gasteiger partial charge in [-0.05, 0) is 31.5 Å². The predicted molar refractivity (Wildman–Crippen MR) is 65.8 cm³/mol. The zero-order chi connectivity index (χ0) is 11.5. The Balaban J connectivity index is 2.11.